The van der Waals surface area contributed by atoms with Crippen LogP contribution in [0.5, 0.6) is 0 Å². The SMILES string of the molecule is O=Cc1ccc(Sc2n[nH]c(-c3ccncc3)n2)c([N+](=O)[O-])c1. The Bertz CT molecular complexity index is 866. The number of nitro benzene ring substituents is 1. The second-order valence-corrected chi connectivity index (χ2v) is 5.42. The Morgan fingerprint density at radius 2 is 2.00 bits per heavy atom. The Balaban J connectivity index is 1.90. The van der Waals surface area contributed by atoms with Crippen molar-refractivity contribution in [3.63, 3.8) is 0 Å². The number of nitrogens with one attached hydrogen (secondary N) is 1. The van der Waals surface area contributed by atoms with E-state index in [1.165, 1.54) is 18.2 Å². The van der Waals surface area contributed by atoms with E-state index < -0.39 is 4.92 Å². The Hall–Kier alpha value is -3.07. The average molecular weight is 327 g/mol. The Morgan fingerprint density at radius 1 is 1.22 bits per heavy atom. The van der Waals surface area contributed by atoms with E-state index in [2.05, 4.69) is 20.2 Å². The van der Waals surface area contributed by atoms with Gasteiger partial charge in [-0.2, -0.15) is 0 Å². The highest BCUT2D eigenvalue weighted by Crippen LogP contribution is 2.34. The van der Waals surface area contributed by atoms with Crippen LogP contribution in [0.3, 0.4) is 0 Å². The highest BCUT2D eigenvalue weighted by molar-refractivity contribution is 7.99. The van der Waals surface area contributed by atoms with Crippen molar-refractivity contribution in [2.75, 3.05) is 0 Å². The molecule has 1 N–H and O–H groups in total. The van der Waals surface area contributed by atoms with Gasteiger partial charge in [0.05, 0.1) is 9.82 Å². The van der Waals surface area contributed by atoms with Gasteiger partial charge in [-0.1, -0.05) is 6.07 Å². The zero-order valence-corrected chi connectivity index (χ0v) is 12.4. The summed E-state index contributed by atoms with van der Waals surface area (Å²) in [6.45, 7) is 0. The van der Waals surface area contributed by atoms with Gasteiger partial charge >= 0.3 is 0 Å². The normalized spacial score (nSPS) is 10.4. The van der Waals surface area contributed by atoms with Crippen LogP contribution in [0.4, 0.5) is 5.69 Å². The van der Waals surface area contributed by atoms with Crippen LogP contribution >= 0.6 is 11.8 Å². The van der Waals surface area contributed by atoms with Crippen LogP contribution < -0.4 is 0 Å². The molecule has 0 fully saturated rings. The van der Waals surface area contributed by atoms with Gasteiger partial charge in [0.2, 0.25) is 5.16 Å². The summed E-state index contributed by atoms with van der Waals surface area (Å²) in [6.07, 6.45) is 3.83. The predicted molar refractivity (Wildman–Crippen MR) is 82.2 cm³/mol. The van der Waals surface area contributed by atoms with Crippen molar-refractivity contribution in [1.29, 1.82) is 0 Å². The molecule has 1 aromatic carbocycles. The molecule has 0 amide bonds. The summed E-state index contributed by atoms with van der Waals surface area (Å²) in [5.74, 6) is 0.544. The second kappa shape index (κ2) is 6.36. The van der Waals surface area contributed by atoms with Gasteiger partial charge in [0.25, 0.3) is 5.69 Å². The molecule has 9 heteroatoms. The largest absolute Gasteiger partial charge is 0.298 e. The molecule has 0 bridgehead atoms. The van der Waals surface area contributed by atoms with Gasteiger partial charge in [0.1, 0.15) is 6.29 Å². The van der Waals surface area contributed by atoms with E-state index in [4.69, 9.17) is 0 Å². The number of carbonyl (C=O) groups excluding carboxylic acids is 1. The molecule has 0 spiro atoms. The molecule has 2 aromatic heterocycles. The number of pyridine rings is 1. The number of H-pyrrole nitrogens is 1. The number of aromatic nitrogens is 4. The van der Waals surface area contributed by atoms with Crippen LogP contribution in [0, 0.1) is 10.1 Å². The van der Waals surface area contributed by atoms with Crippen LogP contribution in [0.2, 0.25) is 0 Å². The van der Waals surface area contributed by atoms with Crippen LogP contribution in [-0.4, -0.2) is 31.4 Å². The molecule has 2 heterocycles. The van der Waals surface area contributed by atoms with E-state index in [1.54, 1.807) is 24.5 Å². The number of benzene rings is 1. The maximum atomic E-state index is 11.1. The molecule has 0 unspecified atom stereocenters. The first-order valence-corrected chi connectivity index (χ1v) is 7.23. The van der Waals surface area contributed by atoms with E-state index in [9.17, 15) is 14.9 Å². The Kier molecular flexibility index (Phi) is 4.11. The number of nitrogens with zero attached hydrogens (tertiary/aromatic N) is 4. The summed E-state index contributed by atoms with van der Waals surface area (Å²) in [6, 6.07) is 7.80. The maximum Gasteiger partial charge on any atom is 0.284 e. The van der Waals surface area contributed by atoms with Crippen LogP contribution in [0.15, 0.2) is 52.8 Å². The van der Waals surface area contributed by atoms with Crippen LogP contribution in [0.1, 0.15) is 10.4 Å². The van der Waals surface area contributed by atoms with Gasteiger partial charge in [0, 0.05) is 29.6 Å². The van der Waals surface area contributed by atoms with Gasteiger partial charge in [-0.3, -0.25) is 25.0 Å². The quantitative estimate of drug-likeness (QED) is 0.435. The molecular weight excluding hydrogens is 318 g/mol. The fourth-order valence-corrected chi connectivity index (χ4v) is 2.67. The van der Waals surface area contributed by atoms with Gasteiger partial charge < -0.3 is 0 Å². The summed E-state index contributed by atoms with van der Waals surface area (Å²) >= 11 is 1.05. The number of aromatic amines is 1. The first kappa shape index (κ1) is 14.9. The van der Waals surface area contributed by atoms with Crippen LogP contribution in [0.25, 0.3) is 11.4 Å². The summed E-state index contributed by atoms with van der Waals surface area (Å²) in [7, 11) is 0. The van der Waals surface area contributed by atoms with Gasteiger partial charge in [0.15, 0.2) is 5.82 Å². The molecule has 0 aliphatic rings. The summed E-state index contributed by atoms with van der Waals surface area (Å²) in [4.78, 5) is 29.9. The summed E-state index contributed by atoms with van der Waals surface area (Å²) in [5.41, 5.74) is 0.897. The molecule has 0 saturated carbocycles. The van der Waals surface area contributed by atoms with Crippen molar-refractivity contribution in [3.8, 4) is 11.4 Å². The summed E-state index contributed by atoms with van der Waals surface area (Å²) < 4.78 is 0. The first-order valence-electron chi connectivity index (χ1n) is 6.41. The third kappa shape index (κ3) is 3.24. The maximum absolute atomic E-state index is 11.1. The molecule has 114 valence electrons. The fraction of sp³-hybridized carbons (Fsp3) is 0. The molecule has 0 radical (unpaired) electrons. The number of aldehydes is 1. The zero-order chi connectivity index (χ0) is 16.2. The van der Waals surface area contributed by atoms with E-state index in [0.29, 0.717) is 22.2 Å². The lowest BCUT2D eigenvalue weighted by atomic mass is 10.2. The van der Waals surface area contributed by atoms with Gasteiger partial charge in [-0.15, -0.1) is 5.10 Å². The smallest absolute Gasteiger partial charge is 0.284 e. The minimum absolute atomic E-state index is 0.158. The van der Waals surface area contributed by atoms with Crippen molar-refractivity contribution in [2.24, 2.45) is 0 Å². The lowest BCUT2D eigenvalue weighted by Crippen LogP contribution is -1.93. The number of hydrogen-bond acceptors (Lipinski definition) is 7. The Morgan fingerprint density at radius 3 is 2.70 bits per heavy atom. The predicted octanol–water partition coefficient (Wildman–Crippen LogP) is 2.74. The molecule has 23 heavy (non-hydrogen) atoms. The van der Waals surface area contributed by atoms with Crippen molar-refractivity contribution < 1.29 is 9.72 Å². The average Bonchev–Trinajstić information content (AvgIpc) is 3.04. The second-order valence-electron chi connectivity index (χ2n) is 4.41. The standard InChI is InChI=1S/C14H9N5O3S/c20-8-9-1-2-12(11(7-9)19(21)22)23-14-16-13(17-18-14)10-3-5-15-6-4-10/h1-8H,(H,16,17,18). The lowest BCUT2D eigenvalue weighted by Gasteiger charge is -2.00. The highest BCUT2D eigenvalue weighted by Gasteiger charge is 2.18. The minimum Gasteiger partial charge on any atom is -0.298 e. The number of nitro groups is 1. The van der Waals surface area contributed by atoms with Crippen molar-refractivity contribution in [3.05, 3.63) is 58.4 Å². The molecule has 8 nitrogen and oxygen atoms in total. The molecule has 0 aliphatic heterocycles. The van der Waals surface area contributed by atoms with Crippen molar-refractivity contribution >= 4 is 23.7 Å². The van der Waals surface area contributed by atoms with E-state index >= 15 is 0 Å². The topological polar surface area (TPSA) is 115 Å². The molecule has 0 atom stereocenters. The molecule has 0 saturated heterocycles. The number of rotatable bonds is 5. The van der Waals surface area contributed by atoms with E-state index in [-0.39, 0.29) is 11.3 Å². The summed E-state index contributed by atoms with van der Waals surface area (Å²) in [5, 5.41) is 18.3. The molecule has 3 rings (SSSR count). The third-order valence-corrected chi connectivity index (χ3v) is 3.87. The minimum atomic E-state index is -0.536. The molecular formula is C14H9N5O3S. The Labute approximate surface area is 134 Å². The third-order valence-electron chi connectivity index (χ3n) is 2.94. The van der Waals surface area contributed by atoms with E-state index in [0.717, 1.165) is 17.3 Å². The van der Waals surface area contributed by atoms with E-state index in [1.807, 2.05) is 0 Å². The van der Waals surface area contributed by atoms with Gasteiger partial charge in [-0.25, -0.2) is 4.98 Å². The fourth-order valence-electron chi connectivity index (χ4n) is 1.87. The highest BCUT2D eigenvalue weighted by atomic mass is 32.2. The molecule has 0 aliphatic carbocycles. The van der Waals surface area contributed by atoms with Gasteiger partial charge in [-0.05, 0) is 30.0 Å². The van der Waals surface area contributed by atoms with Crippen LogP contribution in [-0.2, 0) is 0 Å². The lowest BCUT2D eigenvalue weighted by molar-refractivity contribution is -0.387. The monoisotopic (exact) mass is 327 g/mol. The number of carbonyl (C=O) groups is 1. The van der Waals surface area contributed by atoms with Crippen molar-refractivity contribution in [2.45, 2.75) is 10.1 Å². The first-order chi connectivity index (χ1) is 11.2. The molecule has 3 aromatic rings. The zero-order valence-electron chi connectivity index (χ0n) is 11.5. The number of hydrogen-bond donors (Lipinski definition) is 1. The van der Waals surface area contributed by atoms with Crippen molar-refractivity contribution in [1.82, 2.24) is 20.2 Å².